The maximum atomic E-state index is 6.35. The minimum Gasteiger partial charge on any atom is -0.490 e. The molecule has 7 nitrogen and oxygen atoms in total. The van der Waals surface area contributed by atoms with Crippen molar-refractivity contribution in [2.24, 2.45) is 5.73 Å². The Labute approximate surface area is 208 Å². The predicted octanol–water partition coefficient (Wildman–Crippen LogP) is 5.83. The van der Waals surface area contributed by atoms with Gasteiger partial charge in [0.15, 0.2) is 0 Å². The second-order valence-corrected chi connectivity index (χ2v) is 8.76. The minimum atomic E-state index is -0.130. The average Bonchev–Trinajstić information content (AvgIpc) is 3.69. The number of nitrogens with zero attached hydrogens (tertiary/aromatic N) is 2. The number of hydrogen-bond donors (Lipinski definition) is 3. The van der Waals surface area contributed by atoms with Gasteiger partial charge in [-0.15, -0.1) is 0 Å². The number of pyridine rings is 1. The van der Waals surface area contributed by atoms with Crippen LogP contribution in [0.3, 0.4) is 0 Å². The summed E-state index contributed by atoms with van der Waals surface area (Å²) in [6.07, 6.45) is 7.72. The van der Waals surface area contributed by atoms with Gasteiger partial charge in [-0.05, 0) is 53.9 Å². The van der Waals surface area contributed by atoms with E-state index >= 15 is 0 Å². The summed E-state index contributed by atoms with van der Waals surface area (Å²) < 4.78 is 11.4. The van der Waals surface area contributed by atoms with Gasteiger partial charge in [-0.1, -0.05) is 36.4 Å². The summed E-state index contributed by atoms with van der Waals surface area (Å²) in [5.74, 6) is 0.664. The van der Waals surface area contributed by atoms with Crippen LogP contribution in [0.2, 0.25) is 0 Å². The summed E-state index contributed by atoms with van der Waals surface area (Å²) in [6, 6.07) is 24.2. The maximum Gasteiger partial charge on any atom is 0.138 e. The highest BCUT2D eigenvalue weighted by atomic mass is 16.5. The fraction of sp³-hybridized carbons (Fsp3) is 0.103. The molecule has 0 aliphatic heterocycles. The van der Waals surface area contributed by atoms with Gasteiger partial charge in [-0.3, -0.25) is 10.1 Å². The van der Waals surface area contributed by atoms with Crippen molar-refractivity contribution >= 4 is 10.9 Å². The van der Waals surface area contributed by atoms with Gasteiger partial charge in [-0.2, -0.15) is 5.10 Å². The fourth-order valence-corrected chi connectivity index (χ4v) is 4.42. The molecule has 2 aromatic carbocycles. The number of ether oxygens (including phenoxy) is 1. The van der Waals surface area contributed by atoms with Gasteiger partial charge in [0.25, 0.3) is 0 Å². The Morgan fingerprint density at radius 3 is 2.67 bits per heavy atom. The van der Waals surface area contributed by atoms with Crippen molar-refractivity contribution in [3.63, 3.8) is 0 Å². The lowest BCUT2D eigenvalue weighted by Gasteiger charge is -2.15. The molecule has 7 heteroatoms. The van der Waals surface area contributed by atoms with Gasteiger partial charge in [0, 0.05) is 28.8 Å². The third-order valence-corrected chi connectivity index (χ3v) is 6.19. The van der Waals surface area contributed by atoms with E-state index < -0.39 is 0 Å². The highest BCUT2D eigenvalue weighted by Crippen LogP contribution is 2.36. The lowest BCUT2D eigenvalue weighted by Crippen LogP contribution is -2.30. The topological polar surface area (TPSA) is 106 Å². The highest BCUT2D eigenvalue weighted by Gasteiger charge is 2.16. The van der Waals surface area contributed by atoms with Crippen LogP contribution in [0.25, 0.3) is 44.7 Å². The van der Waals surface area contributed by atoms with E-state index in [1.54, 1.807) is 18.7 Å². The number of H-pyrrole nitrogens is 2. The Hall–Kier alpha value is -4.62. The van der Waals surface area contributed by atoms with Crippen LogP contribution in [0.5, 0.6) is 5.75 Å². The van der Waals surface area contributed by atoms with Crippen LogP contribution in [0.4, 0.5) is 0 Å². The van der Waals surface area contributed by atoms with E-state index in [2.05, 4.69) is 39.4 Å². The molecule has 0 unspecified atom stereocenters. The molecule has 4 aromatic heterocycles. The van der Waals surface area contributed by atoms with Crippen molar-refractivity contribution in [2.45, 2.75) is 12.5 Å². The minimum absolute atomic E-state index is 0.130. The lowest BCUT2D eigenvalue weighted by atomic mass is 9.98. The van der Waals surface area contributed by atoms with Gasteiger partial charge in [0.05, 0.1) is 35.6 Å². The van der Waals surface area contributed by atoms with Gasteiger partial charge < -0.3 is 19.9 Å². The van der Waals surface area contributed by atoms with Gasteiger partial charge in [-0.25, -0.2) is 0 Å². The number of benzene rings is 2. The second kappa shape index (κ2) is 9.56. The van der Waals surface area contributed by atoms with Crippen molar-refractivity contribution in [1.29, 1.82) is 0 Å². The van der Waals surface area contributed by atoms with Crippen LogP contribution in [-0.4, -0.2) is 32.8 Å². The molecule has 1 atom stereocenters. The quantitative estimate of drug-likeness (QED) is 0.257. The molecule has 0 aliphatic rings. The standard InChI is InChI=1S/C29H25N5O2/c30-22(13-19-5-2-1-3-6-19)18-36-23-15-24(28(32-16-23)21-10-12-35-17-21)20-8-9-26-25(14-20)29(34-33-26)27-7-4-11-31-27/h1-12,14-17,22,31H,13,18,30H2,(H,33,34)/t22-/m0/s1. The first-order valence-corrected chi connectivity index (χ1v) is 11.8. The molecule has 0 saturated heterocycles. The van der Waals surface area contributed by atoms with Gasteiger partial charge in [0.2, 0.25) is 0 Å². The fourth-order valence-electron chi connectivity index (χ4n) is 4.42. The molecular weight excluding hydrogens is 450 g/mol. The summed E-state index contributed by atoms with van der Waals surface area (Å²) in [4.78, 5) is 7.98. The number of nitrogens with two attached hydrogens (primary N) is 1. The molecule has 4 N–H and O–H groups in total. The van der Waals surface area contributed by atoms with Crippen LogP contribution in [0.15, 0.2) is 102 Å². The van der Waals surface area contributed by atoms with Crippen molar-refractivity contribution in [1.82, 2.24) is 20.2 Å². The number of aromatic amines is 2. The first-order valence-electron chi connectivity index (χ1n) is 11.8. The van der Waals surface area contributed by atoms with Crippen LogP contribution in [-0.2, 0) is 6.42 Å². The Morgan fingerprint density at radius 1 is 0.944 bits per heavy atom. The maximum absolute atomic E-state index is 6.35. The molecule has 36 heavy (non-hydrogen) atoms. The van der Waals surface area contributed by atoms with E-state index in [4.69, 9.17) is 19.9 Å². The Kier molecular flexibility index (Phi) is 5.81. The van der Waals surface area contributed by atoms with Gasteiger partial charge >= 0.3 is 0 Å². The molecule has 178 valence electrons. The Bertz CT molecular complexity index is 1570. The summed E-state index contributed by atoms with van der Waals surface area (Å²) in [6.45, 7) is 0.388. The van der Waals surface area contributed by atoms with Crippen molar-refractivity contribution < 1.29 is 9.15 Å². The number of nitrogens with one attached hydrogen (secondary N) is 2. The van der Waals surface area contributed by atoms with Crippen LogP contribution < -0.4 is 10.5 Å². The first kappa shape index (κ1) is 21.9. The molecule has 4 heterocycles. The van der Waals surface area contributed by atoms with E-state index in [-0.39, 0.29) is 6.04 Å². The zero-order valence-electron chi connectivity index (χ0n) is 19.5. The number of hydrogen-bond acceptors (Lipinski definition) is 5. The van der Waals surface area contributed by atoms with E-state index in [1.807, 2.05) is 54.7 Å². The summed E-state index contributed by atoms with van der Waals surface area (Å²) in [5.41, 5.74) is 14.0. The smallest absolute Gasteiger partial charge is 0.138 e. The van der Waals surface area contributed by atoms with Crippen molar-refractivity contribution in [2.75, 3.05) is 6.61 Å². The third-order valence-electron chi connectivity index (χ3n) is 6.19. The molecular formula is C29H25N5O2. The van der Waals surface area contributed by atoms with E-state index in [0.29, 0.717) is 12.4 Å². The van der Waals surface area contributed by atoms with Crippen LogP contribution in [0.1, 0.15) is 5.56 Å². The zero-order valence-corrected chi connectivity index (χ0v) is 19.5. The molecule has 0 radical (unpaired) electrons. The summed E-state index contributed by atoms with van der Waals surface area (Å²) in [5, 5.41) is 8.66. The molecule has 6 rings (SSSR count). The second-order valence-electron chi connectivity index (χ2n) is 8.76. The van der Waals surface area contributed by atoms with Crippen molar-refractivity contribution in [3.05, 3.63) is 103 Å². The molecule has 0 bridgehead atoms. The summed E-state index contributed by atoms with van der Waals surface area (Å²) in [7, 11) is 0. The van der Waals surface area contributed by atoms with Crippen molar-refractivity contribution in [3.8, 4) is 39.5 Å². The number of rotatable bonds is 8. The van der Waals surface area contributed by atoms with E-state index in [0.717, 1.165) is 51.1 Å². The van der Waals surface area contributed by atoms with Crippen LogP contribution >= 0.6 is 0 Å². The Morgan fingerprint density at radius 2 is 1.86 bits per heavy atom. The highest BCUT2D eigenvalue weighted by molar-refractivity contribution is 5.96. The lowest BCUT2D eigenvalue weighted by molar-refractivity contribution is 0.287. The van der Waals surface area contributed by atoms with Crippen LogP contribution in [0, 0.1) is 0 Å². The molecule has 0 amide bonds. The third kappa shape index (κ3) is 4.39. The monoisotopic (exact) mass is 475 g/mol. The number of fused-ring (bicyclic) bond motifs is 1. The van der Waals surface area contributed by atoms with E-state index in [1.165, 1.54) is 5.56 Å². The molecule has 0 fully saturated rings. The SMILES string of the molecule is N[C@H](COc1cnc(-c2ccoc2)c(-c2ccc3[nH]nc(-c4ccc[nH]4)c3c2)c1)Cc1ccccc1. The predicted molar refractivity (Wildman–Crippen MR) is 140 cm³/mol. The number of aromatic nitrogens is 4. The normalized spacial score (nSPS) is 12.1. The largest absolute Gasteiger partial charge is 0.490 e. The molecule has 0 spiro atoms. The molecule has 6 aromatic rings. The van der Waals surface area contributed by atoms with Gasteiger partial charge in [0.1, 0.15) is 18.1 Å². The van der Waals surface area contributed by atoms with E-state index in [9.17, 15) is 0 Å². The first-order chi connectivity index (χ1) is 17.7. The molecule has 0 saturated carbocycles. The molecule has 0 aliphatic carbocycles. The summed E-state index contributed by atoms with van der Waals surface area (Å²) >= 11 is 0. The Balaban J connectivity index is 1.33. The zero-order chi connectivity index (χ0) is 24.3. The average molecular weight is 476 g/mol. The number of furan rings is 1.